The fourth-order valence-corrected chi connectivity index (χ4v) is 3.14. The third-order valence-electron chi connectivity index (χ3n) is 4.75. The average molecular weight is 371 g/mol. The molecular formula is C19H25N5O3. The summed E-state index contributed by atoms with van der Waals surface area (Å²) in [6.07, 6.45) is 2.93. The topological polar surface area (TPSA) is 98.1 Å². The van der Waals surface area contributed by atoms with E-state index in [2.05, 4.69) is 25.5 Å². The maximum absolute atomic E-state index is 12.3. The Kier molecular flexibility index (Phi) is 6.18. The van der Waals surface area contributed by atoms with Crippen molar-refractivity contribution in [3.05, 3.63) is 41.2 Å². The smallest absolute Gasteiger partial charge is 0.337 e. The van der Waals surface area contributed by atoms with Gasteiger partial charge in [0, 0.05) is 19.4 Å². The van der Waals surface area contributed by atoms with Gasteiger partial charge in [0.25, 0.3) is 0 Å². The molecule has 0 radical (unpaired) electrons. The zero-order valence-corrected chi connectivity index (χ0v) is 15.7. The van der Waals surface area contributed by atoms with Gasteiger partial charge in [0.05, 0.1) is 12.7 Å². The molecule has 0 aliphatic carbocycles. The van der Waals surface area contributed by atoms with Crippen LogP contribution in [0.4, 0.5) is 5.95 Å². The van der Waals surface area contributed by atoms with Crippen LogP contribution in [0.15, 0.2) is 24.3 Å². The molecule has 0 bridgehead atoms. The number of benzene rings is 1. The van der Waals surface area contributed by atoms with E-state index in [9.17, 15) is 9.59 Å². The summed E-state index contributed by atoms with van der Waals surface area (Å²) in [5.41, 5.74) is 1.47. The van der Waals surface area contributed by atoms with E-state index in [1.54, 1.807) is 23.9 Å². The van der Waals surface area contributed by atoms with Gasteiger partial charge in [0.1, 0.15) is 0 Å². The number of aryl methyl sites for hydroxylation is 2. The molecule has 0 atom stereocenters. The Morgan fingerprint density at radius 2 is 1.96 bits per heavy atom. The number of ether oxygens (including phenoxy) is 1. The third-order valence-corrected chi connectivity index (χ3v) is 4.75. The molecule has 8 nitrogen and oxygen atoms in total. The number of nitrogens with zero attached hydrogens (tertiary/aromatic N) is 3. The van der Waals surface area contributed by atoms with Crippen LogP contribution in [0.25, 0.3) is 0 Å². The van der Waals surface area contributed by atoms with Crippen molar-refractivity contribution in [1.29, 1.82) is 0 Å². The first-order valence-corrected chi connectivity index (χ1v) is 9.15. The number of carbonyl (C=O) groups excluding carboxylic acids is 2. The van der Waals surface area contributed by atoms with E-state index < -0.39 is 0 Å². The van der Waals surface area contributed by atoms with E-state index in [-0.39, 0.29) is 11.9 Å². The first-order chi connectivity index (χ1) is 13.1. The fraction of sp³-hybridized carbons (Fsp3) is 0.474. The van der Waals surface area contributed by atoms with Gasteiger partial charge in [-0.1, -0.05) is 12.1 Å². The molecule has 144 valence electrons. The molecular weight excluding hydrogens is 346 g/mol. The number of esters is 1. The molecule has 1 aromatic carbocycles. The number of methoxy groups -OCH3 is 1. The van der Waals surface area contributed by atoms with Crippen molar-refractivity contribution in [3.8, 4) is 0 Å². The van der Waals surface area contributed by atoms with Crippen molar-refractivity contribution in [2.75, 3.05) is 25.5 Å². The van der Waals surface area contributed by atoms with E-state index in [4.69, 9.17) is 0 Å². The van der Waals surface area contributed by atoms with Crippen molar-refractivity contribution in [2.24, 2.45) is 7.05 Å². The summed E-state index contributed by atoms with van der Waals surface area (Å²) in [6.45, 7) is 1.94. The van der Waals surface area contributed by atoms with E-state index in [1.165, 1.54) is 7.11 Å². The van der Waals surface area contributed by atoms with Gasteiger partial charge in [-0.15, -0.1) is 0 Å². The number of nitrogens with one attached hydrogen (secondary N) is 2. The standard InChI is InChI=1S/C19H25N5O3/c1-24-19(22-17(23-24)14-9-11-20-12-10-14)21-16(25)8-5-13-3-6-15(7-4-13)18(26)27-2/h3-4,6-7,14,20H,5,8-12H2,1-2H3,(H,21,22,23,25). The predicted molar refractivity (Wildman–Crippen MR) is 101 cm³/mol. The molecule has 3 rings (SSSR count). The Morgan fingerprint density at radius 3 is 2.63 bits per heavy atom. The summed E-state index contributed by atoms with van der Waals surface area (Å²) in [5.74, 6) is 1.14. The van der Waals surface area contributed by atoms with Gasteiger partial charge in [-0.3, -0.25) is 10.1 Å². The summed E-state index contributed by atoms with van der Waals surface area (Å²) >= 11 is 0. The van der Waals surface area contributed by atoms with Crippen molar-refractivity contribution < 1.29 is 14.3 Å². The molecule has 2 N–H and O–H groups in total. The number of amides is 1. The highest BCUT2D eigenvalue weighted by atomic mass is 16.5. The molecule has 1 aliphatic rings. The van der Waals surface area contributed by atoms with Crippen LogP contribution >= 0.6 is 0 Å². The molecule has 1 aliphatic heterocycles. The van der Waals surface area contributed by atoms with Gasteiger partial charge in [-0.05, 0) is 50.0 Å². The maximum atomic E-state index is 12.3. The molecule has 1 fully saturated rings. The Bertz CT molecular complexity index is 794. The van der Waals surface area contributed by atoms with Crippen LogP contribution in [0.3, 0.4) is 0 Å². The molecule has 2 aromatic rings. The van der Waals surface area contributed by atoms with E-state index >= 15 is 0 Å². The Balaban J connectivity index is 1.53. The number of carbonyl (C=O) groups is 2. The highest BCUT2D eigenvalue weighted by Gasteiger charge is 2.21. The Hall–Kier alpha value is -2.74. The highest BCUT2D eigenvalue weighted by Crippen LogP contribution is 2.23. The van der Waals surface area contributed by atoms with Crippen molar-refractivity contribution >= 4 is 17.8 Å². The third kappa shape index (κ3) is 4.91. The minimum Gasteiger partial charge on any atom is -0.465 e. The molecule has 2 heterocycles. The largest absolute Gasteiger partial charge is 0.465 e. The van der Waals surface area contributed by atoms with Crippen molar-refractivity contribution in [1.82, 2.24) is 20.1 Å². The molecule has 0 unspecified atom stereocenters. The highest BCUT2D eigenvalue weighted by molar-refractivity contribution is 5.90. The summed E-state index contributed by atoms with van der Waals surface area (Å²) in [5, 5.41) is 10.6. The monoisotopic (exact) mass is 371 g/mol. The number of aromatic nitrogens is 3. The van der Waals surface area contributed by atoms with Crippen LogP contribution < -0.4 is 10.6 Å². The number of anilines is 1. The van der Waals surface area contributed by atoms with E-state index in [0.717, 1.165) is 37.3 Å². The molecule has 1 saturated heterocycles. The first-order valence-electron chi connectivity index (χ1n) is 9.15. The quantitative estimate of drug-likeness (QED) is 0.749. The molecule has 27 heavy (non-hydrogen) atoms. The second-order valence-corrected chi connectivity index (χ2v) is 6.68. The Labute approximate surface area is 158 Å². The molecule has 8 heteroatoms. The van der Waals surface area contributed by atoms with E-state index in [0.29, 0.717) is 30.3 Å². The van der Waals surface area contributed by atoms with Gasteiger partial charge in [0.15, 0.2) is 5.82 Å². The van der Waals surface area contributed by atoms with Gasteiger partial charge < -0.3 is 10.1 Å². The van der Waals surface area contributed by atoms with E-state index in [1.807, 2.05) is 12.1 Å². The lowest BCUT2D eigenvalue weighted by molar-refractivity contribution is -0.116. The SMILES string of the molecule is COC(=O)c1ccc(CCC(=O)Nc2nc(C3CCNCC3)nn2C)cc1. The normalized spacial score (nSPS) is 14.7. The van der Waals surface area contributed by atoms with Gasteiger partial charge in [-0.2, -0.15) is 10.1 Å². The molecule has 0 saturated carbocycles. The van der Waals surface area contributed by atoms with Gasteiger partial charge in [0.2, 0.25) is 11.9 Å². The van der Waals surface area contributed by atoms with Crippen LogP contribution in [0.1, 0.15) is 46.9 Å². The van der Waals surface area contributed by atoms with Crippen LogP contribution in [0, 0.1) is 0 Å². The summed E-state index contributed by atoms with van der Waals surface area (Å²) < 4.78 is 6.30. The van der Waals surface area contributed by atoms with Crippen molar-refractivity contribution in [2.45, 2.75) is 31.6 Å². The lowest BCUT2D eigenvalue weighted by atomic mass is 9.98. The lowest BCUT2D eigenvalue weighted by Gasteiger charge is -2.19. The Morgan fingerprint density at radius 1 is 1.26 bits per heavy atom. The number of rotatable bonds is 6. The lowest BCUT2D eigenvalue weighted by Crippen LogP contribution is -2.27. The number of hydrogen-bond donors (Lipinski definition) is 2. The zero-order chi connectivity index (χ0) is 19.2. The summed E-state index contributed by atoms with van der Waals surface area (Å²) in [7, 11) is 3.14. The summed E-state index contributed by atoms with van der Waals surface area (Å²) in [4.78, 5) is 28.2. The maximum Gasteiger partial charge on any atom is 0.337 e. The average Bonchev–Trinajstić information content (AvgIpc) is 3.07. The second-order valence-electron chi connectivity index (χ2n) is 6.68. The second kappa shape index (κ2) is 8.77. The van der Waals surface area contributed by atoms with Crippen molar-refractivity contribution in [3.63, 3.8) is 0 Å². The fourth-order valence-electron chi connectivity index (χ4n) is 3.14. The van der Waals surface area contributed by atoms with Crippen LogP contribution in [-0.2, 0) is 23.0 Å². The molecule has 0 spiro atoms. The zero-order valence-electron chi connectivity index (χ0n) is 15.7. The number of piperidine rings is 1. The van der Waals surface area contributed by atoms with Crippen LogP contribution in [0.2, 0.25) is 0 Å². The number of hydrogen-bond acceptors (Lipinski definition) is 6. The van der Waals surface area contributed by atoms with Crippen LogP contribution in [-0.4, -0.2) is 46.8 Å². The van der Waals surface area contributed by atoms with Gasteiger partial charge in [-0.25, -0.2) is 9.48 Å². The first kappa shape index (κ1) is 19.0. The van der Waals surface area contributed by atoms with Gasteiger partial charge >= 0.3 is 5.97 Å². The van der Waals surface area contributed by atoms with Crippen LogP contribution in [0.5, 0.6) is 0 Å². The minimum absolute atomic E-state index is 0.112. The molecule has 1 aromatic heterocycles. The molecule has 1 amide bonds. The summed E-state index contributed by atoms with van der Waals surface area (Å²) in [6, 6.07) is 7.06. The predicted octanol–water partition coefficient (Wildman–Crippen LogP) is 1.64. The minimum atomic E-state index is -0.369.